The van der Waals surface area contributed by atoms with Gasteiger partial charge in [0.25, 0.3) is 5.69 Å². The molecule has 0 saturated carbocycles. The summed E-state index contributed by atoms with van der Waals surface area (Å²) in [5.41, 5.74) is -0.997. The van der Waals surface area contributed by atoms with Gasteiger partial charge in [-0.05, 0) is 13.0 Å². The summed E-state index contributed by atoms with van der Waals surface area (Å²) < 4.78 is 26.7. The minimum Gasteiger partial charge on any atom is -0.313 e. The van der Waals surface area contributed by atoms with E-state index in [0.29, 0.717) is 13.1 Å². The Bertz CT molecular complexity index is 581. The molecule has 0 radical (unpaired) electrons. The number of nitrogens with one attached hydrogen (secondary N) is 2. The molecule has 2 rings (SSSR count). The van der Waals surface area contributed by atoms with E-state index in [9.17, 15) is 18.5 Å². The van der Waals surface area contributed by atoms with Gasteiger partial charge in [-0.1, -0.05) is 12.1 Å². The molecule has 1 aliphatic rings. The van der Waals surface area contributed by atoms with Crippen molar-refractivity contribution in [1.82, 2.24) is 10.0 Å². The largest absolute Gasteiger partial charge is 0.313 e. The third-order valence-electron chi connectivity index (χ3n) is 2.76. The molecule has 1 aromatic rings. The van der Waals surface area contributed by atoms with Crippen LogP contribution in [0.1, 0.15) is 6.92 Å². The quantitative estimate of drug-likeness (QED) is 0.603. The molecule has 0 amide bonds. The molecule has 18 heavy (non-hydrogen) atoms. The van der Waals surface area contributed by atoms with Gasteiger partial charge in [0.1, 0.15) is 0 Å². The van der Waals surface area contributed by atoms with Crippen molar-refractivity contribution in [1.29, 1.82) is 0 Å². The van der Waals surface area contributed by atoms with Gasteiger partial charge in [-0.25, -0.2) is 13.1 Å². The van der Waals surface area contributed by atoms with Crippen molar-refractivity contribution in [2.24, 2.45) is 0 Å². The van der Waals surface area contributed by atoms with Gasteiger partial charge >= 0.3 is 0 Å². The molecule has 0 aromatic heterocycles. The first kappa shape index (κ1) is 12.9. The second-order valence-electron chi connectivity index (χ2n) is 4.49. The van der Waals surface area contributed by atoms with Gasteiger partial charge in [-0.15, -0.1) is 0 Å². The highest BCUT2D eigenvalue weighted by atomic mass is 32.2. The number of benzene rings is 1. The standard InChI is InChI=1S/C10H13N3O4S/c1-10(6-11-7-10)12-18(16,17)9-5-3-2-4-8(9)13(14)15/h2-5,11-12H,6-7H2,1H3. The Morgan fingerprint density at radius 3 is 2.50 bits per heavy atom. The Kier molecular flexibility index (Phi) is 3.09. The van der Waals surface area contributed by atoms with Gasteiger partial charge in [0, 0.05) is 19.2 Å². The summed E-state index contributed by atoms with van der Waals surface area (Å²) >= 11 is 0. The molecule has 0 atom stereocenters. The Labute approximate surface area is 104 Å². The summed E-state index contributed by atoms with van der Waals surface area (Å²) in [5, 5.41) is 13.8. The van der Waals surface area contributed by atoms with E-state index >= 15 is 0 Å². The lowest BCUT2D eigenvalue weighted by molar-refractivity contribution is -0.387. The van der Waals surface area contributed by atoms with E-state index in [1.54, 1.807) is 6.92 Å². The molecule has 8 heteroatoms. The average Bonchev–Trinajstić information content (AvgIpc) is 2.26. The van der Waals surface area contributed by atoms with E-state index in [2.05, 4.69) is 10.0 Å². The number of nitrogens with zero attached hydrogens (tertiary/aromatic N) is 1. The van der Waals surface area contributed by atoms with Crippen LogP contribution in [0, 0.1) is 10.1 Å². The molecule has 0 spiro atoms. The number of hydrogen-bond donors (Lipinski definition) is 2. The van der Waals surface area contributed by atoms with Gasteiger partial charge in [-0.3, -0.25) is 10.1 Å². The van der Waals surface area contributed by atoms with E-state index in [1.165, 1.54) is 24.3 Å². The summed E-state index contributed by atoms with van der Waals surface area (Å²) in [7, 11) is -3.89. The zero-order valence-electron chi connectivity index (χ0n) is 9.71. The number of para-hydroxylation sites is 1. The van der Waals surface area contributed by atoms with Crippen LogP contribution in [-0.4, -0.2) is 32.0 Å². The van der Waals surface area contributed by atoms with E-state index in [1.807, 2.05) is 0 Å². The summed E-state index contributed by atoms with van der Waals surface area (Å²) in [5.74, 6) is 0. The molecule has 1 aromatic carbocycles. The first-order chi connectivity index (χ1) is 8.34. The maximum Gasteiger partial charge on any atom is 0.289 e. The van der Waals surface area contributed by atoms with Crippen LogP contribution in [0.4, 0.5) is 5.69 Å². The normalized spacial score (nSPS) is 18.1. The third-order valence-corrected chi connectivity index (χ3v) is 4.45. The summed E-state index contributed by atoms with van der Waals surface area (Å²) in [6, 6.07) is 5.30. The van der Waals surface area contributed by atoms with Crippen LogP contribution in [0.25, 0.3) is 0 Å². The SMILES string of the molecule is CC1(NS(=O)(=O)c2ccccc2[N+](=O)[O-])CNC1. The van der Waals surface area contributed by atoms with E-state index in [4.69, 9.17) is 0 Å². The van der Waals surface area contributed by atoms with Crippen molar-refractivity contribution >= 4 is 15.7 Å². The first-order valence-corrected chi connectivity index (χ1v) is 6.81. The van der Waals surface area contributed by atoms with Crippen LogP contribution in [0.15, 0.2) is 29.2 Å². The highest BCUT2D eigenvalue weighted by molar-refractivity contribution is 7.89. The summed E-state index contributed by atoms with van der Waals surface area (Å²) in [6.45, 7) is 2.76. The number of sulfonamides is 1. The van der Waals surface area contributed by atoms with Gasteiger partial charge in [0.2, 0.25) is 10.0 Å². The van der Waals surface area contributed by atoms with E-state index < -0.39 is 26.2 Å². The van der Waals surface area contributed by atoms with E-state index in [-0.39, 0.29) is 4.90 Å². The molecule has 0 unspecified atom stereocenters. The molecule has 1 heterocycles. The lowest BCUT2D eigenvalue weighted by atomic mass is 9.97. The van der Waals surface area contributed by atoms with Gasteiger partial charge < -0.3 is 5.32 Å². The Morgan fingerprint density at radius 1 is 1.39 bits per heavy atom. The maximum atomic E-state index is 12.1. The van der Waals surface area contributed by atoms with Crippen molar-refractivity contribution < 1.29 is 13.3 Å². The highest BCUT2D eigenvalue weighted by Gasteiger charge is 2.38. The number of nitro benzene ring substituents is 1. The Balaban J connectivity index is 2.38. The zero-order chi connectivity index (χ0) is 13.4. The highest BCUT2D eigenvalue weighted by Crippen LogP contribution is 2.24. The molecule has 1 aliphatic heterocycles. The molecular weight excluding hydrogens is 258 g/mol. The van der Waals surface area contributed by atoms with Crippen molar-refractivity contribution in [3.05, 3.63) is 34.4 Å². The molecule has 0 aliphatic carbocycles. The Hall–Kier alpha value is -1.51. The molecule has 7 nitrogen and oxygen atoms in total. The van der Waals surface area contributed by atoms with Crippen LogP contribution < -0.4 is 10.0 Å². The number of rotatable bonds is 4. The topological polar surface area (TPSA) is 101 Å². The fourth-order valence-corrected chi connectivity index (χ4v) is 3.37. The lowest BCUT2D eigenvalue weighted by Crippen LogP contribution is -2.66. The van der Waals surface area contributed by atoms with Crippen LogP contribution >= 0.6 is 0 Å². The lowest BCUT2D eigenvalue weighted by Gasteiger charge is -2.39. The van der Waals surface area contributed by atoms with E-state index in [0.717, 1.165) is 0 Å². The van der Waals surface area contributed by atoms with Crippen molar-refractivity contribution in [2.75, 3.05) is 13.1 Å². The summed E-state index contributed by atoms with van der Waals surface area (Å²) in [6.07, 6.45) is 0. The molecular formula is C10H13N3O4S. The van der Waals surface area contributed by atoms with Crippen LogP contribution in [0.2, 0.25) is 0 Å². The van der Waals surface area contributed by atoms with Crippen LogP contribution in [0.3, 0.4) is 0 Å². The number of hydrogen-bond acceptors (Lipinski definition) is 5. The van der Waals surface area contributed by atoms with Gasteiger partial charge in [0.05, 0.1) is 10.5 Å². The molecule has 0 bridgehead atoms. The zero-order valence-corrected chi connectivity index (χ0v) is 10.5. The maximum absolute atomic E-state index is 12.1. The predicted octanol–water partition coefficient (Wildman–Crippen LogP) is 0.235. The average molecular weight is 271 g/mol. The number of nitro groups is 1. The van der Waals surface area contributed by atoms with Gasteiger partial charge in [-0.2, -0.15) is 0 Å². The monoisotopic (exact) mass is 271 g/mol. The van der Waals surface area contributed by atoms with Crippen molar-refractivity contribution in [3.8, 4) is 0 Å². The molecule has 98 valence electrons. The molecule has 1 fully saturated rings. The first-order valence-electron chi connectivity index (χ1n) is 5.32. The Morgan fingerprint density at radius 2 is 2.00 bits per heavy atom. The fourth-order valence-electron chi connectivity index (χ4n) is 1.79. The fraction of sp³-hybridized carbons (Fsp3) is 0.400. The summed E-state index contributed by atoms with van der Waals surface area (Å²) in [4.78, 5) is 9.82. The second-order valence-corrected chi connectivity index (χ2v) is 6.15. The predicted molar refractivity (Wildman–Crippen MR) is 64.7 cm³/mol. The smallest absolute Gasteiger partial charge is 0.289 e. The van der Waals surface area contributed by atoms with Crippen LogP contribution in [-0.2, 0) is 10.0 Å². The van der Waals surface area contributed by atoms with Crippen molar-refractivity contribution in [3.63, 3.8) is 0 Å². The van der Waals surface area contributed by atoms with Crippen molar-refractivity contribution in [2.45, 2.75) is 17.4 Å². The molecule has 1 saturated heterocycles. The minimum atomic E-state index is -3.89. The third kappa shape index (κ3) is 2.35. The molecule has 2 N–H and O–H groups in total. The second kappa shape index (κ2) is 4.30. The van der Waals surface area contributed by atoms with Crippen LogP contribution in [0.5, 0.6) is 0 Å². The van der Waals surface area contributed by atoms with Gasteiger partial charge in [0.15, 0.2) is 4.90 Å². The minimum absolute atomic E-state index is 0.303.